The Balaban J connectivity index is 1.60. The smallest absolute Gasteiger partial charge is 0.247 e. The van der Waals surface area contributed by atoms with Crippen LogP contribution in [0.5, 0.6) is 0 Å². The highest BCUT2D eigenvalue weighted by Gasteiger charge is 2.54. The molecule has 0 aromatic heterocycles. The van der Waals surface area contributed by atoms with Crippen LogP contribution >= 0.6 is 11.8 Å². The Bertz CT molecular complexity index is 1000. The van der Waals surface area contributed by atoms with Crippen molar-refractivity contribution >= 4 is 22.7 Å². The molecule has 144 valence electrons. The number of halogens is 2. The average molecular weight is 399 g/mol. The Hall–Kier alpha value is -2.25. The summed E-state index contributed by atoms with van der Waals surface area (Å²) in [4.78, 5) is 12.5. The minimum Gasteiger partial charge on any atom is -0.328 e. The molecule has 1 saturated carbocycles. The van der Waals surface area contributed by atoms with E-state index in [2.05, 4.69) is 5.10 Å². The molecule has 1 atom stereocenters. The van der Waals surface area contributed by atoms with Gasteiger partial charge >= 0.3 is 0 Å². The Morgan fingerprint density at radius 2 is 2.00 bits per heavy atom. The lowest BCUT2D eigenvalue weighted by Gasteiger charge is -2.38. The summed E-state index contributed by atoms with van der Waals surface area (Å²) in [5, 5.41) is 6.40. The third-order valence-corrected chi connectivity index (χ3v) is 7.29. The molecule has 2 N–H and O–H groups in total. The number of hydrazone groups is 1. The molecule has 0 saturated heterocycles. The second-order valence-corrected chi connectivity index (χ2v) is 8.92. The number of benzene rings is 2. The summed E-state index contributed by atoms with van der Waals surface area (Å²) < 4.78 is 28.2. The van der Waals surface area contributed by atoms with Crippen LogP contribution in [-0.4, -0.2) is 22.0 Å². The van der Waals surface area contributed by atoms with Gasteiger partial charge in [0.25, 0.3) is 0 Å². The maximum atomic E-state index is 14.4. The van der Waals surface area contributed by atoms with Crippen LogP contribution in [0.1, 0.15) is 36.0 Å². The first-order valence-corrected chi connectivity index (χ1v) is 10.2. The van der Waals surface area contributed by atoms with Gasteiger partial charge in [-0.05, 0) is 55.0 Å². The highest BCUT2D eigenvalue weighted by molar-refractivity contribution is 8.15. The molecule has 1 spiro atoms. The largest absolute Gasteiger partial charge is 0.328 e. The maximum absolute atomic E-state index is 14.4. The lowest BCUT2D eigenvalue weighted by molar-refractivity contribution is -0.142. The Morgan fingerprint density at radius 3 is 2.79 bits per heavy atom. The summed E-state index contributed by atoms with van der Waals surface area (Å²) in [7, 11) is 0. The standard InChI is InChI=1S/C21H19F2N3OS/c22-14-5-6-18(23)16(11-14)19-25-26(20(27)13-9-15(24)10-13)21(28-19)8-7-12-3-1-2-4-17(12)21/h1-6,11,13,15H,7-10,24H2/t13-,15-,21?. The topological polar surface area (TPSA) is 58.7 Å². The van der Waals surface area contributed by atoms with E-state index in [4.69, 9.17) is 5.73 Å². The number of aryl methyl sites for hydroxylation is 1. The van der Waals surface area contributed by atoms with Gasteiger partial charge in [0.1, 0.15) is 21.5 Å². The van der Waals surface area contributed by atoms with Gasteiger partial charge in [0, 0.05) is 17.5 Å². The molecule has 4 nitrogen and oxygen atoms in total. The first kappa shape index (κ1) is 17.8. The molecule has 1 aliphatic heterocycles. The molecule has 2 aliphatic carbocycles. The Kier molecular flexibility index (Phi) is 4.07. The number of carbonyl (C=O) groups is 1. The first-order chi connectivity index (χ1) is 13.5. The SMILES string of the molecule is N[C@H]1C[C@H](C(=O)N2N=C(c3cc(F)ccc3F)SC23CCc2ccccc23)C1. The quantitative estimate of drug-likeness (QED) is 0.837. The molecule has 1 fully saturated rings. The summed E-state index contributed by atoms with van der Waals surface area (Å²) >= 11 is 1.35. The van der Waals surface area contributed by atoms with Crippen molar-refractivity contribution in [3.8, 4) is 0 Å². The third-order valence-electron chi connectivity index (χ3n) is 5.86. The van der Waals surface area contributed by atoms with Crippen LogP contribution in [0.3, 0.4) is 0 Å². The number of rotatable bonds is 2. The molecule has 1 unspecified atom stereocenters. The molecule has 0 bridgehead atoms. The number of amides is 1. The molecule has 28 heavy (non-hydrogen) atoms. The van der Waals surface area contributed by atoms with Crippen molar-refractivity contribution in [1.82, 2.24) is 5.01 Å². The summed E-state index contributed by atoms with van der Waals surface area (Å²) in [5.41, 5.74) is 8.15. The fourth-order valence-electron chi connectivity index (χ4n) is 4.31. The highest BCUT2D eigenvalue weighted by Crippen LogP contribution is 2.55. The van der Waals surface area contributed by atoms with Gasteiger partial charge in [-0.1, -0.05) is 36.0 Å². The zero-order valence-corrected chi connectivity index (χ0v) is 15.9. The van der Waals surface area contributed by atoms with E-state index in [0.29, 0.717) is 24.3 Å². The highest BCUT2D eigenvalue weighted by atomic mass is 32.2. The van der Waals surface area contributed by atoms with E-state index in [0.717, 1.165) is 35.7 Å². The van der Waals surface area contributed by atoms with Crippen molar-refractivity contribution in [2.45, 2.75) is 36.6 Å². The number of nitrogens with zero attached hydrogens (tertiary/aromatic N) is 2. The monoisotopic (exact) mass is 399 g/mol. The number of fused-ring (bicyclic) bond motifs is 2. The zero-order valence-electron chi connectivity index (χ0n) is 15.1. The van der Waals surface area contributed by atoms with E-state index in [1.54, 1.807) is 0 Å². The van der Waals surface area contributed by atoms with Crippen LogP contribution in [0.4, 0.5) is 8.78 Å². The molecule has 2 aromatic carbocycles. The summed E-state index contributed by atoms with van der Waals surface area (Å²) in [6.07, 6.45) is 2.77. The van der Waals surface area contributed by atoms with Crippen LogP contribution < -0.4 is 5.73 Å². The third kappa shape index (κ3) is 2.60. The van der Waals surface area contributed by atoms with Crippen molar-refractivity contribution in [3.05, 3.63) is 70.8 Å². The molecule has 1 heterocycles. The summed E-state index contributed by atoms with van der Waals surface area (Å²) in [6, 6.07) is 11.3. The molecule has 0 radical (unpaired) electrons. The van der Waals surface area contributed by atoms with E-state index in [-0.39, 0.29) is 23.4 Å². The molecule has 1 amide bonds. The van der Waals surface area contributed by atoms with Gasteiger partial charge in [-0.3, -0.25) is 4.79 Å². The number of nitrogens with two attached hydrogens (primary N) is 1. The number of hydrogen-bond donors (Lipinski definition) is 1. The summed E-state index contributed by atoms with van der Waals surface area (Å²) in [5.74, 6) is -1.33. The number of hydrogen-bond acceptors (Lipinski definition) is 4. The minimum atomic E-state index is -0.707. The van der Waals surface area contributed by atoms with E-state index >= 15 is 0 Å². The van der Waals surface area contributed by atoms with Crippen molar-refractivity contribution in [1.29, 1.82) is 0 Å². The molecule has 7 heteroatoms. The van der Waals surface area contributed by atoms with Crippen molar-refractivity contribution < 1.29 is 13.6 Å². The Morgan fingerprint density at radius 1 is 1.21 bits per heavy atom. The van der Waals surface area contributed by atoms with Crippen LogP contribution in [0.2, 0.25) is 0 Å². The van der Waals surface area contributed by atoms with E-state index in [9.17, 15) is 13.6 Å². The van der Waals surface area contributed by atoms with Gasteiger partial charge in [-0.2, -0.15) is 5.10 Å². The van der Waals surface area contributed by atoms with Crippen LogP contribution in [-0.2, 0) is 16.1 Å². The van der Waals surface area contributed by atoms with E-state index < -0.39 is 16.5 Å². The predicted molar refractivity (Wildman–Crippen MR) is 104 cm³/mol. The van der Waals surface area contributed by atoms with Crippen molar-refractivity contribution in [2.75, 3.05) is 0 Å². The maximum Gasteiger partial charge on any atom is 0.247 e. The number of carbonyl (C=O) groups excluding carboxylic acids is 1. The predicted octanol–water partition coefficient (Wildman–Crippen LogP) is 3.74. The first-order valence-electron chi connectivity index (χ1n) is 9.39. The lowest BCUT2D eigenvalue weighted by Crippen LogP contribution is -2.49. The van der Waals surface area contributed by atoms with Gasteiger partial charge < -0.3 is 5.73 Å². The van der Waals surface area contributed by atoms with Gasteiger partial charge in [0.05, 0.1) is 0 Å². The lowest BCUT2D eigenvalue weighted by atomic mass is 9.80. The molecular formula is C21H19F2N3OS. The fraction of sp³-hybridized carbons (Fsp3) is 0.333. The van der Waals surface area contributed by atoms with E-state index in [1.165, 1.54) is 16.8 Å². The average Bonchev–Trinajstić information content (AvgIpc) is 3.23. The molecular weight excluding hydrogens is 380 g/mol. The minimum absolute atomic E-state index is 0.0418. The van der Waals surface area contributed by atoms with Crippen molar-refractivity contribution in [2.24, 2.45) is 16.8 Å². The molecule has 3 aliphatic rings. The van der Waals surface area contributed by atoms with Gasteiger partial charge in [-0.15, -0.1) is 0 Å². The molecule has 5 rings (SSSR count). The van der Waals surface area contributed by atoms with Crippen LogP contribution in [0.25, 0.3) is 0 Å². The van der Waals surface area contributed by atoms with Crippen molar-refractivity contribution in [3.63, 3.8) is 0 Å². The van der Waals surface area contributed by atoms with Gasteiger partial charge in [0.15, 0.2) is 0 Å². The van der Waals surface area contributed by atoms with Gasteiger partial charge in [0.2, 0.25) is 5.91 Å². The second-order valence-electron chi connectivity index (χ2n) is 7.65. The number of thioether (sulfide) groups is 1. The molecule has 2 aromatic rings. The van der Waals surface area contributed by atoms with E-state index in [1.807, 2.05) is 24.3 Å². The Labute approximate surface area is 165 Å². The fourth-order valence-corrected chi connectivity index (χ4v) is 5.75. The van der Waals surface area contributed by atoms with Crippen LogP contribution in [0.15, 0.2) is 47.6 Å². The van der Waals surface area contributed by atoms with Gasteiger partial charge in [-0.25, -0.2) is 13.8 Å². The second kappa shape index (κ2) is 6.39. The normalized spacial score (nSPS) is 28.2. The zero-order chi connectivity index (χ0) is 19.5. The summed E-state index contributed by atoms with van der Waals surface area (Å²) in [6.45, 7) is 0. The van der Waals surface area contributed by atoms with Crippen LogP contribution in [0, 0.1) is 17.6 Å².